The van der Waals surface area contributed by atoms with Crippen molar-refractivity contribution < 1.29 is 0 Å². The van der Waals surface area contributed by atoms with Crippen LogP contribution in [0.5, 0.6) is 0 Å². The SMILES string of the molecule is Cc1nc(CCc2nc3c4cccnc4ccn3c2C)nc(C)c1Cl. The van der Waals surface area contributed by atoms with Gasteiger partial charge in [-0.3, -0.25) is 4.98 Å². The first kappa shape index (κ1) is 16.0. The largest absolute Gasteiger partial charge is 0.303 e. The first-order valence-electron chi connectivity index (χ1n) is 8.25. The van der Waals surface area contributed by atoms with Gasteiger partial charge in [0, 0.05) is 29.9 Å². The number of aromatic nitrogens is 5. The van der Waals surface area contributed by atoms with Crippen molar-refractivity contribution in [3.8, 4) is 0 Å². The van der Waals surface area contributed by atoms with E-state index in [0.29, 0.717) is 5.02 Å². The molecule has 0 bridgehead atoms. The lowest BCUT2D eigenvalue weighted by Crippen LogP contribution is -2.03. The Labute approximate surface area is 150 Å². The summed E-state index contributed by atoms with van der Waals surface area (Å²) in [4.78, 5) is 18.3. The first-order chi connectivity index (χ1) is 12.0. The van der Waals surface area contributed by atoms with Gasteiger partial charge in [-0.05, 0) is 45.4 Å². The third kappa shape index (κ3) is 2.74. The fourth-order valence-corrected chi connectivity index (χ4v) is 3.25. The number of hydrogen-bond acceptors (Lipinski definition) is 4. The molecule has 0 saturated carbocycles. The van der Waals surface area contributed by atoms with Gasteiger partial charge in [0.1, 0.15) is 11.5 Å². The lowest BCUT2D eigenvalue weighted by Gasteiger charge is -2.05. The molecule has 0 unspecified atom stereocenters. The van der Waals surface area contributed by atoms with E-state index in [4.69, 9.17) is 16.6 Å². The van der Waals surface area contributed by atoms with Gasteiger partial charge in [-0.2, -0.15) is 0 Å². The molecule has 25 heavy (non-hydrogen) atoms. The molecular formula is C19H18ClN5. The minimum absolute atomic E-state index is 0.645. The van der Waals surface area contributed by atoms with Crippen LogP contribution >= 0.6 is 11.6 Å². The van der Waals surface area contributed by atoms with Crippen LogP contribution in [0.2, 0.25) is 5.02 Å². The molecule has 6 heteroatoms. The first-order valence-corrected chi connectivity index (χ1v) is 8.63. The normalized spacial score (nSPS) is 11.5. The monoisotopic (exact) mass is 351 g/mol. The molecule has 0 fully saturated rings. The molecule has 4 aromatic heterocycles. The van der Waals surface area contributed by atoms with Crippen LogP contribution in [0.1, 0.15) is 28.6 Å². The number of pyridine rings is 2. The average molecular weight is 352 g/mol. The molecule has 0 amide bonds. The van der Waals surface area contributed by atoms with Gasteiger partial charge in [0.05, 0.1) is 27.6 Å². The topological polar surface area (TPSA) is 56.0 Å². The maximum atomic E-state index is 6.15. The van der Waals surface area contributed by atoms with Crippen molar-refractivity contribution in [1.29, 1.82) is 0 Å². The van der Waals surface area contributed by atoms with Crippen LogP contribution in [0.3, 0.4) is 0 Å². The van der Waals surface area contributed by atoms with E-state index in [2.05, 4.69) is 32.3 Å². The quantitative estimate of drug-likeness (QED) is 0.559. The summed E-state index contributed by atoms with van der Waals surface area (Å²) in [5.74, 6) is 0.808. The Hall–Kier alpha value is -2.53. The summed E-state index contributed by atoms with van der Waals surface area (Å²) < 4.78 is 2.12. The number of rotatable bonds is 3. The second kappa shape index (κ2) is 6.08. The molecule has 4 rings (SSSR count). The molecule has 0 N–H and O–H groups in total. The molecule has 0 aliphatic carbocycles. The Morgan fingerprint density at radius 2 is 1.76 bits per heavy atom. The maximum absolute atomic E-state index is 6.15. The molecule has 0 aliphatic rings. The third-order valence-corrected chi connectivity index (χ3v) is 5.07. The van der Waals surface area contributed by atoms with Crippen molar-refractivity contribution in [2.24, 2.45) is 0 Å². The zero-order chi connectivity index (χ0) is 17.6. The highest BCUT2D eigenvalue weighted by Gasteiger charge is 2.13. The van der Waals surface area contributed by atoms with Crippen LogP contribution in [0.25, 0.3) is 16.6 Å². The summed E-state index contributed by atoms with van der Waals surface area (Å²) in [6.07, 6.45) is 5.36. The second-order valence-corrected chi connectivity index (χ2v) is 6.59. The van der Waals surface area contributed by atoms with E-state index in [1.165, 1.54) is 0 Å². The summed E-state index contributed by atoms with van der Waals surface area (Å²) in [5.41, 5.74) is 5.76. The Bertz CT molecular complexity index is 1080. The van der Waals surface area contributed by atoms with Gasteiger partial charge in [-0.25, -0.2) is 15.0 Å². The summed E-state index contributed by atoms with van der Waals surface area (Å²) in [6, 6.07) is 6.03. The van der Waals surface area contributed by atoms with Crippen molar-refractivity contribution in [3.63, 3.8) is 0 Å². The van der Waals surface area contributed by atoms with E-state index in [-0.39, 0.29) is 0 Å². The molecule has 4 aromatic rings. The Kier molecular flexibility index (Phi) is 3.88. The molecular weight excluding hydrogens is 334 g/mol. The Morgan fingerprint density at radius 3 is 2.52 bits per heavy atom. The zero-order valence-corrected chi connectivity index (χ0v) is 15.2. The number of halogens is 1. The Morgan fingerprint density at radius 1 is 1.00 bits per heavy atom. The second-order valence-electron chi connectivity index (χ2n) is 6.21. The van der Waals surface area contributed by atoms with E-state index < -0.39 is 0 Å². The number of aryl methyl sites for hydroxylation is 5. The molecule has 126 valence electrons. The fourth-order valence-electron chi connectivity index (χ4n) is 3.17. The van der Waals surface area contributed by atoms with Crippen LogP contribution in [-0.4, -0.2) is 24.3 Å². The Balaban J connectivity index is 1.70. The lowest BCUT2D eigenvalue weighted by molar-refractivity contribution is 0.816. The predicted octanol–water partition coefficient (Wildman–Crippen LogP) is 4.04. The van der Waals surface area contributed by atoms with Gasteiger partial charge in [-0.1, -0.05) is 11.6 Å². The standard InChI is InChI=1S/C19H18ClN5/c1-11-18(20)12(2)23-17(22-11)7-6-15-13(3)25-10-8-16-14(19(25)24-15)5-4-9-21-16/h4-5,8-10H,6-7H2,1-3H3. The van der Waals surface area contributed by atoms with Crippen molar-refractivity contribution in [2.75, 3.05) is 0 Å². The van der Waals surface area contributed by atoms with Crippen molar-refractivity contribution in [2.45, 2.75) is 33.6 Å². The summed E-state index contributed by atoms with van der Waals surface area (Å²) in [7, 11) is 0. The highest BCUT2D eigenvalue weighted by molar-refractivity contribution is 6.31. The van der Waals surface area contributed by atoms with E-state index in [1.807, 2.05) is 32.2 Å². The highest BCUT2D eigenvalue weighted by atomic mass is 35.5. The fraction of sp³-hybridized carbons (Fsp3) is 0.263. The van der Waals surface area contributed by atoms with E-state index in [0.717, 1.165) is 58.0 Å². The summed E-state index contributed by atoms with van der Waals surface area (Å²) in [6.45, 7) is 5.92. The molecule has 0 saturated heterocycles. The lowest BCUT2D eigenvalue weighted by atomic mass is 10.2. The van der Waals surface area contributed by atoms with E-state index in [1.54, 1.807) is 6.20 Å². The number of nitrogens with zero attached hydrogens (tertiary/aromatic N) is 5. The number of fused-ring (bicyclic) bond motifs is 3. The van der Waals surface area contributed by atoms with E-state index in [9.17, 15) is 0 Å². The third-order valence-electron chi connectivity index (χ3n) is 4.52. The number of hydrogen-bond donors (Lipinski definition) is 0. The molecule has 0 atom stereocenters. The minimum atomic E-state index is 0.645. The minimum Gasteiger partial charge on any atom is -0.303 e. The number of imidazole rings is 1. The van der Waals surface area contributed by atoms with Crippen LogP contribution in [-0.2, 0) is 12.8 Å². The summed E-state index contributed by atoms with van der Waals surface area (Å²) >= 11 is 6.15. The van der Waals surface area contributed by atoms with Crippen molar-refractivity contribution in [3.05, 3.63) is 64.2 Å². The van der Waals surface area contributed by atoms with Crippen LogP contribution in [0.4, 0.5) is 0 Å². The molecule has 0 aromatic carbocycles. The van der Waals surface area contributed by atoms with Crippen molar-refractivity contribution in [1.82, 2.24) is 24.3 Å². The highest BCUT2D eigenvalue weighted by Crippen LogP contribution is 2.22. The molecule has 5 nitrogen and oxygen atoms in total. The molecule has 0 radical (unpaired) electrons. The van der Waals surface area contributed by atoms with Crippen LogP contribution < -0.4 is 0 Å². The van der Waals surface area contributed by atoms with Gasteiger partial charge in [0.25, 0.3) is 0 Å². The van der Waals surface area contributed by atoms with Gasteiger partial charge < -0.3 is 4.40 Å². The summed E-state index contributed by atoms with van der Waals surface area (Å²) in [5, 5.41) is 1.71. The van der Waals surface area contributed by atoms with Gasteiger partial charge >= 0.3 is 0 Å². The molecule has 0 spiro atoms. The van der Waals surface area contributed by atoms with Crippen LogP contribution in [0.15, 0.2) is 30.6 Å². The van der Waals surface area contributed by atoms with Gasteiger partial charge in [0.15, 0.2) is 0 Å². The van der Waals surface area contributed by atoms with Gasteiger partial charge in [-0.15, -0.1) is 0 Å². The average Bonchev–Trinajstić information content (AvgIpc) is 2.94. The van der Waals surface area contributed by atoms with Crippen molar-refractivity contribution >= 4 is 28.2 Å². The molecule has 4 heterocycles. The van der Waals surface area contributed by atoms with Gasteiger partial charge in [0.2, 0.25) is 0 Å². The van der Waals surface area contributed by atoms with E-state index >= 15 is 0 Å². The maximum Gasteiger partial charge on any atom is 0.146 e. The predicted molar refractivity (Wildman–Crippen MR) is 99.2 cm³/mol. The van der Waals surface area contributed by atoms with Crippen LogP contribution in [0, 0.1) is 20.8 Å². The zero-order valence-electron chi connectivity index (χ0n) is 14.4. The smallest absolute Gasteiger partial charge is 0.146 e. The molecule has 0 aliphatic heterocycles.